The van der Waals surface area contributed by atoms with E-state index in [9.17, 15) is 0 Å². The summed E-state index contributed by atoms with van der Waals surface area (Å²) in [4.78, 5) is 2.60. The molecule has 1 aromatic heterocycles. The van der Waals surface area contributed by atoms with E-state index in [4.69, 9.17) is 4.74 Å². The molecular formula is C14H23N3O. The summed E-state index contributed by atoms with van der Waals surface area (Å²) < 4.78 is 8.01. The zero-order valence-electron chi connectivity index (χ0n) is 11.1. The number of morpholine rings is 1. The Hall–Kier alpha value is -0.840. The second kappa shape index (κ2) is 5.43. The predicted octanol–water partition coefficient (Wildman–Crippen LogP) is 0.978. The molecule has 4 nitrogen and oxygen atoms in total. The molecule has 100 valence electrons. The molecule has 0 radical (unpaired) electrons. The van der Waals surface area contributed by atoms with Crippen LogP contribution in [0.2, 0.25) is 0 Å². The van der Waals surface area contributed by atoms with Crippen LogP contribution in [0.4, 0.5) is 0 Å². The highest BCUT2D eigenvalue weighted by atomic mass is 16.5. The number of nitrogens with zero attached hydrogens (tertiary/aromatic N) is 2. The van der Waals surface area contributed by atoms with Gasteiger partial charge >= 0.3 is 0 Å². The van der Waals surface area contributed by atoms with Crippen LogP contribution in [0.3, 0.4) is 0 Å². The minimum atomic E-state index is 0.364. The Labute approximate surface area is 109 Å². The van der Waals surface area contributed by atoms with E-state index in [0.717, 1.165) is 26.2 Å². The Bertz CT molecular complexity index is 390. The van der Waals surface area contributed by atoms with Gasteiger partial charge in [-0.05, 0) is 31.0 Å². The number of nitrogens with one attached hydrogen (secondary N) is 1. The fourth-order valence-corrected chi connectivity index (χ4v) is 3.05. The summed E-state index contributed by atoms with van der Waals surface area (Å²) in [6, 6.07) is 2.86. The molecule has 18 heavy (non-hydrogen) atoms. The monoisotopic (exact) mass is 249 g/mol. The largest absolute Gasteiger partial charge is 0.374 e. The van der Waals surface area contributed by atoms with Crippen LogP contribution in [0.15, 0.2) is 18.5 Å². The maximum Gasteiger partial charge on any atom is 0.0827 e. The molecule has 0 spiro atoms. The number of aryl methyl sites for hydroxylation is 1. The lowest BCUT2D eigenvalue weighted by molar-refractivity contribution is -0.0470. The van der Waals surface area contributed by atoms with Gasteiger partial charge in [0.15, 0.2) is 0 Å². The predicted molar refractivity (Wildman–Crippen MR) is 71.5 cm³/mol. The van der Waals surface area contributed by atoms with Crippen LogP contribution >= 0.6 is 0 Å². The Morgan fingerprint density at radius 2 is 2.44 bits per heavy atom. The van der Waals surface area contributed by atoms with Crippen molar-refractivity contribution in [2.75, 3.05) is 26.2 Å². The van der Waals surface area contributed by atoms with Crippen LogP contribution in [0.1, 0.15) is 18.4 Å². The van der Waals surface area contributed by atoms with Gasteiger partial charge in [-0.25, -0.2) is 0 Å². The number of ether oxygens (including phenoxy) is 1. The molecule has 2 aliphatic rings. The molecule has 3 heterocycles. The van der Waals surface area contributed by atoms with Gasteiger partial charge < -0.3 is 14.6 Å². The van der Waals surface area contributed by atoms with Crippen LogP contribution in [0.25, 0.3) is 0 Å². The second-order valence-corrected chi connectivity index (χ2v) is 5.56. The maximum atomic E-state index is 5.93. The third-order valence-electron chi connectivity index (χ3n) is 4.06. The van der Waals surface area contributed by atoms with Crippen molar-refractivity contribution in [3.63, 3.8) is 0 Å². The summed E-state index contributed by atoms with van der Waals surface area (Å²) in [5, 5.41) is 3.50. The quantitative estimate of drug-likeness (QED) is 0.862. The van der Waals surface area contributed by atoms with E-state index in [1.165, 1.54) is 24.9 Å². The first-order valence-electron chi connectivity index (χ1n) is 6.98. The molecule has 0 saturated carbocycles. The van der Waals surface area contributed by atoms with Crippen LogP contribution in [0, 0.1) is 0 Å². The van der Waals surface area contributed by atoms with Gasteiger partial charge in [-0.1, -0.05) is 0 Å². The normalized spacial score (nSPS) is 28.5. The first kappa shape index (κ1) is 12.2. The summed E-state index contributed by atoms with van der Waals surface area (Å²) in [7, 11) is 2.06. The van der Waals surface area contributed by atoms with E-state index in [1.807, 2.05) is 0 Å². The Morgan fingerprint density at radius 1 is 1.50 bits per heavy atom. The van der Waals surface area contributed by atoms with E-state index in [0.29, 0.717) is 12.1 Å². The SMILES string of the molecule is Cn1ccc(CNCC2CN3CCCC3CO2)c1. The molecule has 4 heteroatoms. The highest BCUT2D eigenvalue weighted by Gasteiger charge is 2.31. The van der Waals surface area contributed by atoms with Gasteiger partial charge in [-0.2, -0.15) is 0 Å². The van der Waals surface area contributed by atoms with E-state index in [-0.39, 0.29) is 0 Å². The van der Waals surface area contributed by atoms with Gasteiger partial charge in [-0.3, -0.25) is 4.90 Å². The maximum absolute atomic E-state index is 5.93. The summed E-state index contributed by atoms with van der Waals surface area (Å²) in [5.41, 5.74) is 1.34. The van der Waals surface area contributed by atoms with Crippen molar-refractivity contribution in [2.24, 2.45) is 7.05 Å². The summed E-state index contributed by atoms with van der Waals surface area (Å²) in [6.45, 7) is 5.19. The molecule has 2 atom stereocenters. The fourth-order valence-electron chi connectivity index (χ4n) is 3.05. The van der Waals surface area contributed by atoms with Gasteiger partial charge in [0.2, 0.25) is 0 Å². The molecule has 2 saturated heterocycles. The van der Waals surface area contributed by atoms with E-state index in [2.05, 4.69) is 40.3 Å². The van der Waals surface area contributed by atoms with Crippen LogP contribution in [-0.2, 0) is 18.3 Å². The van der Waals surface area contributed by atoms with Gasteiger partial charge in [-0.15, -0.1) is 0 Å². The standard InChI is InChI=1S/C14H23N3O/c1-16-6-4-12(9-16)7-15-8-14-10-17-5-2-3-13(17)11-18-14/h4,6,9,13-15H,2-3,5,7-8,10-11H2,1H3. The van der Waals surface area contributed by atoms with Crippen molar-refractivity contribution in [3.8, 4) is 0 Å². The topological polar surface area (TPSA) is 29.4 Å². The molecular weight excluding hydrogens is 226 g/mol. The molecule has 0 amide bonds. The van der Waals surface area contributed by atoms with E-state index < -0.39 is 0 Å². The Balaban J connectivity index is 1.41. The first-order valence-corrected chi connectivity index (χ1v) is 6.98. The minimum absolute atomic E-state index is 0.364. The highest BCUT2D eigenvalue weighted by molar-refractivity contribution is 5.09. The van der Waals surface area contributed by atoms with Crippen molar-refractivity contribution in [3.05, 3.63) is 24.0 Å². The second-order valence-electron chi connectivity index (χ2n) is 5.56. The number of aromatic nitrogens is 1. The molecule has 1 N–H and O–H groups in total. The Morgan fingerprint density at radius 3 is 3.28 bits per heavy atom. The number of hydrogen-bond acceptors (Lipinski definition) is 3. The lowest BCUT2D eigenvalue weighted by Crippen LogP contribution is -2.49. The summed E-state index contributed by atoms with van der Waals surface area (Å²) in [6.07, 6.45) is 7.28. The lowest BCUT2D eigenvalue weighted by atomic mass is 10.2. The molecule has 0 aliphatic carbocycles. The van der Waals surface area contributed by atoms with Gasteiger partial charge in [0.05, 0.1) is 12.7 Å². The number of fused-ring (bicyclic) bond motifs is 1. The first-order chi connectivity index (χ1) is 8.81. The Kier molecular flexibility index (Phi) is 3.68. The van der Waals surface area contributed by atoms with Crippen LogP contribution in [-0.4, -0.2) is 47.9 Å². The summed E-state index contributed by atoms with van der Waals surface area (Å²) >= 11 is 0. The highest BCUT2D eigenvalue weighted by Crippen LogP contribution is 2.22. The van der Waals surface area contributed by atoms with Crippen LogP contribution < -0.4 is 5.32 Å². The number of hydrogen-bond donors (Lipinski definition) is 1. The average Bonchev–Trinajstić information content (AvgIpc) is 2.97. The van der Waals surface area contributed by atoms with Crippen molar-refractivity contribution in [1.82, 2.24) is 14.8 Å². The lowest BCUT2D eigenvalue weighted by Gasteiger charge is -2.35. The number of rotatable bonds is 4. The molecule has 1 aromatic rings. The molecule has 2 unspecified atom stereocenters. The van der Waals surface area contributed by atoms with Gasteiger partial charge in [0, 0.05) is 45.1 Å². The van der Waals surface area contributed by atoms with E-state index >= 15 is 0 Å². The minimum Gasteiger partial charge on any atom is -0.374 e. The van der Waals surface area contributed by atoms with Crippen molar-refractivity contribution < 1.29 is 4.74 Å². The third kappa shape index (κ3) is 2.76. The molecule has 0 aromatic carbocycles. The van der Waals surface area contributed by atoms with E-state index in [1.54, 1.807) is 0 Å². The molecule has 2 aliphatic heterocycles. The smallest absolute Gasteiger partial charge is 0.0827 e. The summed E-state index contributed by atoms with van der Waals surface area (Å²) in [5.74, 6) is 0. The van der Waals surface area contributed by atoms with Crippen molar-refractivity contribution in [1.29, 1.82) is 0 Å². The zero-order valence-corrected chi connectivity index (χ0v) is 11.1. The molecule has 0 bridgehead atoms. The van der Waals surface area contributed by atoms with Gasteiger partial charge in [0.25, 0.3) is 0 Å². The third-order valence-corrected chi connectivity index (χ3v) is 4.06. The fraction of sp³-hybridized carbons (Fsp3) is 0.714. The van der Waals surface area contributed by atoms with Crippen LogP contribution in [0.5, 0.6) is 0 Å². The van der Waals surface area contributed by atoms with Gasteiger partial charge in [0.1, 0.15) is 0 Å². The van der Waals surface area contributed by atoms with Crippen molar-refractivity contribution >= 4 is 0 Å². The molecule has 3 rings (SSSR count). The van der Waals surface area contributed by atoms with Crippen molar-refractivity contribution in [2.45, 2.75) is 31.5 Å². The molecule has 2 fully saturated rings. The average molecular weight is 249 g/mol. The zero-order chi connectivity index (χ0) is 12.4.